The summed E-state index contributed by atoms with van der Waals surface area (Å²) in [5, 5.41) is 16.9. The average Bonchev–Trinajstić information content (AvgIpc) is 3.01. The van der Waals surface area contributed by atoms with Gasteiger partial charge >= 0.3 is 0 Å². The lowest BCUT2D eigenvalue weighted by Crippen LogP contribution is -2.50. The minimum atomic E-state index is -0.873. The van der Waals surface area contributed by atoms with Gasteiger partial charge in [0.2, 0.25) is 5.91 Å². The molecule has 32 heavy (non-hydrogen) atoms. The third-order valence-electron chi connectivity index (χ3n) is 6.11. The Labute approximate surface area is 200 Å². The Balaban J connectivity index is 2.12. The van der Waals surface area contributed by atoms with Crippen LogP contribution in [-0.2, 0) is 10.3 Å². The molecule has 1 aliphatic rings. The third-order valence-corrected chi connectivity index (χ3v) is 6.60. The Morgan fingerprint density at radius 3 is 2.44 bits per heavy atom. The van der Waals surface area contributed by atoms with Crippen molar-refractivity contribution >= 4 is 29.1 Å². The predicted octanol–water partition coefficient (Wildman–Crippen LogP) is 4.41. The molecule has 7 heteroatoms. The van der Waals surface area contributed by atoms with Crippen molar-refractivity contribution in [2.75, 3.05) is 13.2 Å². The molecule has 2 aromatic rings. The molecule has 4 unspecified atom stereocenters. The molecule has 0 saturated carbocycles. The number of amides is 1. The number of hydrogen-bond acceptors (Lipinski definition) is 4. The van der Waals surface area contributed by atoms with E-state index in [4.69, 9.17) is 34.0 Å². The molecule has 0 bridgehead atoms. The lowest BCUT2D eigenvalue weighted by atomic mass is 9.67. The van der Waals surface area contributed by atoms with Crippen molar-refractivity contribution in [3.63, 3.8) is 0 Å². The van der Waals surface area contributed by atoms with Gasteiger partial charge in [0, 0.05) is 29.1 Å². The molecule has 5 N–H and O–H groups in total. The van der Waals surface area contributed by atoms with E-state index in [0.717, 1.165) is 17.5 Å². The first-order valence-electron chi connectivity index (χ1n) is 11.0. The summed E-state index contributed by atoms with van der Waals surface area (Å²) in [6.45, 7) is 6.91. The summed E-state index contributed by atoms with van der Waals surface area (Å²) in [4.78, 5) is 13.3. The summed E-state index contributed by atoms with van der Waals surface area (Å²) >= 11 is 12.5. The quantitative estimate of drug-likeness (QED) is 0.444. The number of benzene rings is 2. The summed E-state index contributed by atoms with van der Waals surface area (Å²) in [6.07, 6.45) is 1.24. The first-order valence-corrected chi connectivity index (χ1v) is 11.8. The molecule has 1 saturated heterocycles. The number of rotatable bonds is 7. The normalized spacial score (nSPS) is 25.7. The third kappa shape index (κ3) is 5.46. The first kappa shape index (κ1) is 25.0. The zero-order chi connectivity index (χ0) is 23.5. The minimum Gasteiger partial charge on any atom is -0.396 e. The molecule has 1 fully saturated rings. The number of aliphatic hydroxyl groups is 1. The van der Waals surface area contributed by atoms with Crippen molar-refractivity contribution in [1.29, 1.82) is 0 Å². The average molecular weight is 478 g/mol. The molecule has 5 nitrogen and oxygen atoms in total. The van der Waals surface area contributed by atoms with Crippen LogP contribution in [0.1, 0.15) is 50.8 Å². The Morgan fingerprint density at radius 1 is 1.16 bits per heavy atom. The van der Waals surface area contributed by atoms with Crippen molar-refractivity contribution in [3.05, 3.63) is 69.7 Å². The number of carbonyl (C=O) groups is 1. The van der Waals surface area contributed by atoms with E-state index >= 15 is 0 Å². The number of hydrogen-bond donors (Lipinski definition) is 4. The Kier molecular flexibility index (Phi) is 7.89. The maximum atomic E-state index is 13.3. The zero-order valence-corrected chi connectivity index (χ0v) is 20.4. The molecule has 3 rings (SSSR count). The molecule has 1 aliphatic heterocycles. The molecular weight excluding hydrogens is 445 g/mol. The van der Waals surface area contributed by atoms with Gasteiger partial charge < -0.3 is 16.2 Å². The lowest BCUT2D eigenvalue weighted by Gasteiger charge is -2.40. The van der Waals surface area contributed by atoms with E-state index in [2.05, 4.69) is 31.4 Å². The van der Waals surface area contributed by atoms with E-state index in [1.54, 1.807) is 0 Å². The second-order valence-corrected chi connectivity index (χ2v) is 10.7. The van der Waals surface area contributed by atoms with Crippen LogP contribution in [0.5, 0.6) is 0 Å². The summed E-state index contributed by atoms with van der Waals surface area (Å²) in [5.41, 5.74) is 8.24. The Bertz CT molecular complexity index is 930. The summed E-state index contributed by atoms with van der Waals surface area (Å²) in [5.74, 6) is -0.303. The second-order valence-electron chi connectivity index (χ2n) is 9.81. The maximum absolute atomic E-state index is 13.3. The van der Waals surface area contributed by atoms with Gasteiger partial charge in [-0.25, -0.2) is 0 Å². The van der Waals surface area contributed by atoms with Gasteiger partial charge in [-0.05, 0) is 53.6 Å². The van der Waals surface area contributed by atoms with E-state index < -0.39 is 11.6 Å². The van der Waals surface area contributed by atoms with Crippen LogP contribution in [0.4, 0.5) is 0 Å². The molecule has 1 heterocycles. The lowest BCUT2D eigenvalue weighted by molar-refractivity contribution is -0.124. The van der Waals surface area contributed by atoms with Crippen LogP contribution in [0, 0.1) is 11.3 Å². The van der Waals surface area contributed by atoms with Gasteiger partial charge in [-0.3, -0.25) is 10.1 Å². The molecular formula is C25H33Cl2N3O2. The van der Waals surface area contributed by atoms with E-state index in [9.17, 15) is 4.79 Å². The van der Waals surface area contributed by atoms with Gasteiger partial charge in [0.05, 0.1) is 17.6 Å². The second kappa shape index (κ2) is 10.1. The molecule has 2 aromatic carbocycles. The van der Waals surface area contributed by atoms with Crippen LogP contribution >= 0.6 is 23.2 Å². The number of nitrogens with two attached hydrogens (primary N) is 1. The molecule has 0 aromatic heterocycles. The fraction of sp³-hybridized carbons (Fsp3) is 0.480. The van der Waals surface area contributed by atoms with Gasteiger partial charge in [-0.15, -0.1) is 0 Å². The Hall–Kier alpha value is -1.63. The molecule has 0 radical (unpaired) electrons. The monoisotopic (exact) mass is 477 g/mol. The van der Waals surface area contributed by atoms with Crippen LogP contribution in [-0.4, -0.2) is 30.2 Å². The minimum absolute atomic E-state index is 0.0283. The standard InChI is InChI=1S/C25H33Cl2N3O2/c1-24(2,3)15-20-21(23(32)29-12-5-13-31)30-22(16-6-4-7-19(27)14-16)25(20,28)17-8-10-18(26)11-9-17/h4,6-11,14,20-22,30-31H,5,12-13,15,28H2,1-3H3,(H,29,32). The van der Waals surface area contributed by atoms with Gasteiger partial charge in [0.1, 0.15) is 0 Å². The number of nitrogens with one attached hydrogen (secondary N) is 2. The van der Waals surface area contributed by atoms with E-state index in [0.29, 0.717) is 23.0 Å². The fourth-order valence-corrected chi connectivity index (χ4v) is 5.03. The molecule has 4 atom stereocenters. The summed E-state index contributed by atoms with van der Waals surface area (Å²) < 4.78 is 0. The van der Waals surface area contributed by atoms with Gasteiger partial charge in [-0.2, -0.15) is 0 Å². The van der Waals surface area contributed by atoms with Gasteiger partial charge in [0.25, 0.3) is 0 Å². The van der Waals surface area contributed by atoms with Crippen molar-refractivity contribution < 1.29 is 9.90 Å². The zero-order valence-electron chi connectivity index (χ0n) is 18.9. The number of aliphatic hydroxyl groups excluding tert-OH is 1. The van der Waals surface area contributed by atoms with Gasteiger partial charge in [0.15, 0.2) is 0 Å². The number of halogens is 2. The first-order chi connectivity index (χ1) is 15.1. The Morgan fingerprint density at radius 2 is 1.84 bits per heavy atom. The highest BCUT2D eigenvalue weighted by molar-refractivity contribution is 6.30. The van der Waals surface area contributed by atoms with Crippen molar-refractivity contribution in [1.82, 2.24) is 10.6 Å². The fourth-order valence-electron chi connectivity index (χ4n) is 4.71. The molecule has 0 spiro atoms. The highest BCUT2D eigenvalue weighted by Crippen LogP contribution is 2.50. The van der Waals surface area contributed by atoms with Crippen molar-refractivity contribution in [3.8, 4) is 0 Å². The highest BCUT2D eigenvalue weighted by atomic mass is 35.5. The van der Waals surface area contributed by atoms with Crippen LogP contribution in [0.15, 0.2) is 48.5 Å². The smallest absolute Gasteiger partial charge is 0.237 e. The number of carbonyl (C=O) groups excluding carboxylic acids is 1. The topological polar surface area (TPSA) is 87.4 Å². The van der Waals surface area contributed by atoms with Crippen LogP contribution in [0.2, 0.25) is 10.0 Å². The van der Waals surface area contributed by atoms with Gasteiger partial charge in [-0.1, -0.05) is 68.2 Å². The van der Waals surface area contributed by atoms with E-state index in [1.165, 1.54) is 0 Å². The van der Waals surface area contributed by atoms with Crippen LogP contribution < -0.4 is 16.4 Å². The van der Waals surface area contributed by atoms with Crippen molar-refractivity contribution in [2.45, 2.75) is 51.2 Å². The predicted molar refractivity (Wildman–Crippen MR) is 131 cm³/mol. The van der Waals surface area contributed by atoms with Crippen molar-refractivity contribution in [2.24, 2.45) is 17.1 Å². The SMILES string of the molecule is CC(C)(C)CC1C(C(=O)NCCCO)NC(c2cccc(Cl)c2)C1(N)c1ccc(Cl)cc1. The summed E-state index contributed by atoms with van der Waals surface area (Å²) in [6, 6.07) is 14.3. The highest BCUT2D eigenvalue weighted by Gasteiger charge is 2.56. The largest absolute Gasteiger partial charge is 0.396 e. The van der Waals surface area contributed by atoms with E-state index in [1.807, 2.05) is 48.5 Å². The van der Waals surface area contributed by atoms with Crippen LogP contribution in [0.25, 0.3) is 0 Å². The molecule has 0 aliphatic carbocycles. The molecule has 174 valence electrons. The molecule has 1 amide bonds. The van der Waals surface area contributed by atoms with Crippen LogP contribution in [0.3, 0.4) is 0 Å². The maximum Gasteiger partial charge on any atom is 0.237 e. The summed E-state index contributed by atoms with van der Waals surface area (Å²) in [7, 11) is 0. The van der Waals surface area contributed by atoms with E-state index in [-0.39, 0.29) is 29.9 Å².